The summed E-state index contributed by atoms with van der Waals surface area (Å²) in [5.41, 5.74) is 3.13. The number of hydrogen-bond donors (Lipinski definition) is 0. The van der Waals surface area contributed by atoms with Gasteiger partial charge in [-0.2, -0.15) is 0 Å². The molecule has 3 aromatic carbocycles. The minimum Gasteiger partial charge on any atom is -0.423 e. The summed E-state index contributed by atoms with van der Waals surface area (Å²) in [6, 6.07) is 20.8. The third-order valence-corrected chi connectivity index (χ3v) is 4.61. The molecule has 6 heteroatoms. The number of halogens is 1. The van der Waals surface area contributed by atoms with Crippen LogP contribution in [0.5, 0.6) is 5.75 Å². The predicted molar refractivity (Wildman–Crippen MR) is 115 cm³/mol. The second-order valence-corrected chi connectivity index (χ2v) is 7.11. The van der Waals surface area contributed by atoms with Crippen molar-refractivity contribution in [3.63, 3.8) is 0 Å². The number of aliphatic imine (C=N–C) groups is 1. The molecule has 1 aliphatic rings. The van der Waals surface area contributed by atoms with Crippen LogP contribution in [-0.2, 0) is 9.53 Å². The van der Waals surface area contributed by atoms with Crippen LogP contribution in [0.1, 0.15) is 27.0 Å². The van der Waals surface area contributed by atoms with E-state index in [0.717, 1.165) is 16.7 Å². The Morgan fingerprint density at radius 3 is 2.47 bits per heavy atom. The normalized spacial score (nSPS) is 14.4. The van der Waals surface area contributed by atoms with Crippen molar-refractivity contribution < 1.29 is 19.1 Å². The topological polar surface area (TPSA) is 65.0 Å². The quantitative estimate of drug-likeness (QED) is 0.332. The summed E-state index contributed by atoms with van der Waals surface area (Å²) in [4.78, 5) is 28.6. The highest BCUT2D eigenvalue weighted by Crippen LogP contribution is 2.21. The van der Waals surface area contributed by atoms with Crippen molar-refractivity contribution >= 4 is 35.5 Å². The second-order valence-electron chi connectivity index (χ2n) is 6.67. The molecule has 30 heavy (non-hydrogen) atoms. The molecule has 3 aromatic rings. The largest absolute Gasteiger partial charge is 0.423 e. The van der Waals surface area contributed by atoms with Crippen LogP contribution in [0, 0.1) is 6.92 Å². The summed E-state index contributed by atoms with van der Waals surface area (Å²) in [6.07, 6.45) is 1.62. The van der Waals surface area contributed by atoms with Crippen LogP contribution in [0.3, 0.4) is 0 Å². The number of hydrogen-bond acceptors (Lipinski definition) is 5. The molecule has 1 aliphatic heterocycles. The molecule has 0 saturated carbocycles. The van der Waals surface area contributed by atoms with Crippen LogP contribution in [0.4, 0.5) is 0 Å². The molecule has 4 rings (SSSR count). The second kappa shape index (κ2) is 8.35. The molecule has 0 unspecified atom stereocenters. The van der Waals surface area contributed by atoms with Gasteiger partial charge in [-0.15, -0.1) is 0 Å². The maximum atomic E-state index is 12.2. The van der Waals surface area contributed by atoms with E-state index in [1.807, 2.05) is 31.2 Å². The molecule has 0 bridgehead atoms. The van der Waals surface area contributed by atoms with Crippen LogP contribution < -0.4 is 4.74 Å². The van der Waals surface area contributed by atoms with E-state index in [2.05, 4.69) is 4.99 Å². The molecule has 5 nitrogen and oxygen atoms in total. The lowest BCUT2D eigenvalue weighted by Gasteiger charge is -2.05. The smallest absolute Gasteiger partial charge is 0.363 e. The highest BCUT2D eigenvalue weighted by Gasteiger charge is 2.24. The van der Waals surface area contributed by atoms with E-state index in [4.69, 9.17) is 21.1 Å². The monoisotopic (exact) mass is 417 g/mol. The van der Waals surface area contributed by atoms with Gasteiger partial charge in [-0.1, -0.05) is 47.5 Å². The van der Waals surface area contributed by atoms with Crippen molar-refractivity contribution in [1.82, 2.24) is 0 Å². The van der Waals surface area contributed by atoms with Crippen molar-refractivity contribution in [1.29, 1.82) is 0 Å². The average Bonchev–Trinajstić information content (AvgIpc) is 3.10. The molecule has 0 aromatic heterocycles. The van der Waals surface area contributed by atoms with E-state index in [0.29, 0.717) is 16.3 Å². The van der Waals surface area contributed by atoms with E-state index in [9.17, 15) is 9.59 Å². The number of benzene rings is 3. The fourth-order valence-corrected chi connectivity index (χ4v) is 2.99. The third kappa shape index (κ3) is 4.47. The molecular weight excluding hydrogens is 402 g/mol. The molecule has 0 amide bonds. The Balaban J connectivity index is 1.48. The Morgan fingerprint density at radius 1 is 1.03 bits per heavy atom. The molecule has 0 N–H and O–H groups in total. The molecule has 0 aliphatic carbocycles. The molecule has 1 heterocycles. The zero-order valence-electron chi connectivity index (χ0n) is 16.0. The number of carbonyl (C=O) groups excluding carboxylic acids is 2. The minimum atomic E-state index is -0.512. The first kappa shape index (κ1) is 19.6. The van der Waals surface area contributed by atoms with Crippen molar-refractivity contribution in [3.05, 3.63) is 106 Å². The number of rotatable bonds is 4. The Bertz CT molecular complexity index is 1180. The van der Waals surface area contributed by atoms with E-state index < -0.39 is 11.9 Å². The van der Waals surface area contributed by atoms with Gasteiger partial charge in [0, 0.05) is 10.6 Å². The Hall–Kier alpha value is -3.70. The standard InChI is InChI=1S/C24H16ClNO4/c1-15-5-9-17(10-6-15)22-26-21(24(28)30-22)13-16-7-11-20(12-8-16)29-23(27)18-3-2-4-19(25)14-18/h2-14H,1H3/b21-13-. The number of cyclic esters (lactones) is 1. The van der Waals surface area contributed by atoms with E-state index in [1.54, 1.807) is 48.5 Å². The van der Waals surface area contributed by atoms with Gasteiger partial charge in [0.25, 0.3) is 0 Å². The number of ether oxygens (including phenoxy) is 2. The first-order chi connectivity index (χ1) is 14.5. The van der Waals surface area contributed by atoms with Gasteiger partial charge < -0.3 is 9.47 Å². The van der Waals surface area contributed by atoms with Crippen LogP contribution in [0.25, 0.3) is 6.08 Å². The zero-order chi connectivity index (χ0) is 21.1. The minimum absolute atomic E-state index is 0.203. The summed E-state index contributed by atoms with van der Waals surface area (Å²) in [5, 5.41) is 0.459. The molecule has 148 valence electrons. The van der Waals surface area contributed by atoms with Crippen molar-refractivity contribution in [2.75, 3.05) is 0 Å². The fourth-order valence-electron chi connectivity index (χ4n) is 2.80. The average molecular weight is 418 g/mol. The van der Waals surface area contributed by atoms with Gasteiger partial charge in [-0.25, -0.2) is 14.6 Å². The lowest BCUT2D eigenvalue weighted by Crippen LogP contribution is -2.08. The van der Waals surface area contributed by atoms with Crippen LogP contribution in [-0.4, -0.2) is 17.8 Å². The van der Waals surface area contributed by atoms with Crippen LogP contribution >= 0.6 is 11.6 Å². The van der Waals surface area contributed by atoms with Gasteiger partial charge in [-0.05, 0) is 61.0 Å². The first-order valence-corrected chi connectivity index (χ1v) is 9.53. The van der Waals surface area contributed by atoms with Crippen molar-refractivity contribution in [2.24, 2.45) is 4.99 Å². The van der Waals surface area contributed by atoms with Gasteiger partial charge in [0.2, 0.25) is 5.90 Å². The van der Waals surface area contributed by atoms with Crippen molar-refractivity contribution in [2.45, 2.75) is 6.92 Å². The highest BCUT2D eigenvalue weighted by atomic mass is 35.5. The lowest BCUT2D eigenvalue weighted by atomic mass is 10.1. The molecule has 0 saturated heterocycles. The SMILES string of the molecule is Cc1ccc(C2=N/C(=C\c3ccc(OC(=O)c4cccc(Cl)c4)cc3)C(=O)O2)cc1. The number of aryl methyl sites for hydroxylation is 1. The number of nitrogens with zero attached hydrogens (tertiary/aromatic N) is 1. The Labute approximate surface area is 178 Å². The number of esters is 2. The molecule has 0 fully saturated rings. The zero-order valence-corrected chi connectivity index (χ0v) is 16.7. The maximum Gasteiger partial charge on any atom is 0.363 e. The number of carbonyl (C=O) groups is 2. The van der Waals surface area contributed by atoms with Gasteiger partial charge in [-0.3, -0.25) is 0 Å². The predicted octanol–water partition coefficient (Wildman–Crippen LogP) is 5.21. The van der Waals surface area contributed by atoms with Gasteiger partial charge in [0.15, 0.2) is 5.70 Å². The van der Waals surface area contributed by atoms with E-state index >= 15 is 0 Å². The molecule has 0 spiro atoms. The van der Waals surface area contributed by atoms with E-state index in [1.165, 1.54) is 6.07 Å². The maximum absolute atomic E-state index is 12.2. The van der Waals surface area contributed by atoms with Crippen LogP contribution in [0.15, 0.2) is 83.5 Å². The third-order valence-electron chi connectivity index (χ3n) is 4.37. The summed E-state index contributed by atoms with van der Waals surface area (Å²) in [6.45, 7) is 1.98. The van der Waals surface area contributed by atoms with E-state index in [-0.39, 0.29) is 11.6 Å². The molecule has 0 atom stereocenters. The van der Waals surface area contributed by atoms with Gasteiger partial charge in [0.05, 0.1) is 5.56 Å². The first-order valence-electron chi connectivity index (χ1n) is 9.15. The summed E-state index contributed by atoms with van der Waals surface area (Å²) in [7, 11) is 0. The summed E-state index contributed by atoms with van der Waals surface area (Å²) < 4.78 is 10.6. The van der Waals surface area contributed by atoms with Crippen molar-refractivity contribution in [3.8, 4) is 5.75 Å². The summed E-state index contributed by atoms with van der Waals surface area (Å²) >= 11 is 5.90. The summed E-state index contributed by atoms with van der Waals surface area (Å²) in [5.74, 6) is -0.365. The fraction of sp³-hybridized carbons (Fsp3) is 0.0417. The van der Waals surface area contributed by atoms with Gasteiger partial charge in [0.1, 0.15) is 5.75 Å². The Morgan fingerprint density at radius 2 is 1.77 bits per heavy atom. The molecular formula is C24H16ClNO4. The Kier molecular flexibility index (Phi) is 5.46. The van der Waals surface area contributed by atoms with Crippen LogP contribution in [0.2, 0.25) is 5.02 Å². The highest BCUT2D eigenvalue weighted by molar-refractivity contribution is 6.30. The lowest BCUT2D eigenvalue weighted by molar-refractivity contribution is -0.129. The molecule has 0 radical (unpaired) electrons. The van der Waals surface area contributed by atoms with Gasteiger partial charge >= 0.3 is 11.9 Å².